The molecule has 0 fully saturated rings. The van der Waals surface area contributed by atoms with E-state index < -0.39 is 50.5 Å². The highest BCUT2D eigenvalue weighted by atomic mass is 16.5. The van der Waals surface area contributed by atoms with Crippen LogP contribution in [0.15, 0.2) is 58.8 Å². The van der Waals surface area contributed by atoms with Gasteiger partial charge in [-0.2, -0.15) is 10.2 Å². The number of azo groups is 1. The third kappa shape index (κ3) is 6.95. The van der Waals surface area contributed by atoms with Crippen LogP contribution >= 0.6 is 0 Å². The fraction of sp³-hybridized carbons (Fsp3) is 0.455. The first-order valence-corrected chi connectivity index (χ1v) is 10.0. The van der Waals surface area contributed by atoms with E-state index in [1.807, 2.05) is 0 Å². The van der Waals surface area contributed by atoms with Crippen molar-refractivity contribution in [3.8, 4) is 11.5 Å². The van der Waals surface area contributed by atoms with Crippen LogP contribution in [0.4, 0.5) is 11.4 Å². The molecule has 176 valence electrons. The fourth-order valence-electron chi connectivity index (χ4n) is 2.38. The van der Waals surface area contributed by atoms with Gasteiger partial charge in [-0.1, -0.05) is 0 Å². The number of hydrogen-bond donors (Lipinski definition) is 6. The Balaban J connectivity index is 1.91. The van der Waals surface area contributed by atoms with Gasteiger partial charge in [0.2, 0.25) is 0 Å². The molecule has 2 rings (SSSR count). The second-order valence-electron chi connectivity index (χ2n) is 7.71. The number of aliphatic hydroxyl groups excluding tert-OH is 6. The van der Waals surface area contributed by atoms with Crippen LogP contribution in [-0.2, 0) is 0 Å². The predicted molar refractivity (Wildman–Crippen MR) is 115 cm³/mol. The molecule has 0 aliphatic carbocycles. The van der Waals surface area contributed by atoms with E-state index in [4.69, 9.17) is 9.47 Å². The Labute approximate surface area is 186 Å². The Morgan fingerprint density at radius 1 is 0.500 bits per heavy atom. The highest BCUT2D eigenvalue weighted by Gasteiger charge is 2.30. The van der Waals surface area contributed by atoms with E-state index in [-0.39, 0.29) is 13.2 Å². The summed E-state index contributed by atoms with van der Waals surface area (Å²) in [5.74, 6) is 0.991. The van der Waals surface area contributed by atoms with Crippen molar-refractivity contribution < 1.29 is 40.1 Å². The van der Waals surface area contributed by atoms with Gasteiger partial charge in [-0.25, -0.2) is 0 Å². The molecular formula is C22H30N2O8. The van der Waals surface area contributed by atoms with E-state index in [0.717, 1.165) is 0 Å². The highest BCUT2D eigenvalue weighted by molar-refractivity contribution is 5.44. The number of nitrogens with zero attached hydrogens (tertiary/aromatic N) is 2. The van der Waals surface area contributed by atoms with E-state index in [9.17, 15) is 30.6 Å². The number of rotatable bonds is 14. The molecule has 0 bridgehead atoms. The van der Waals surface area contributed by atoms with E-state index in [0.29, 0.717) is 22.9 Å². The van der Waals surface area contributed by atoms with Crippen LogP contribution in [0.1, 0.15) is 0 Å². The Bertz CT molecular complexity index is 733. The second-order valence-corrected chi connectivity index (χ2v) is 7.71. The molecule has 10 heteroatoms. The molecule has 0 radical (unpaired) electrons. The molecule has 0 aliphatic heterocycles. The van der Waals surface area contributed by atoms with Crippen molar-refractivity contribution in [1.29, 1.82) is 0 Å². The molecule has 0 atom stereocenters. The summed E-state index contributed by atoms with van der Waals surface area (Å²) < 4.78 is 11.1. The lowest BCUT2D eigenvalue weighted by atomic mass is 9.92. The van der Waals surface area contributed by atoms with Gasteiger partial charge in [0.05, 0.1) is 61.8 Å². The quantitative estimate of drug-likeness (QED) is 0.230. The van der Waals surface area contributed by atoms with Crippen molar-refractivity contribution in [3.05, 3.63) is 48.5 Å². The molecule has 6 N–H and O–H groups in total. The van der Waals surface area contributed by atoms with Gasteiger partial charge in [0, 0.05) is 0 Å². The normalized spacial score (nSPS) is 12.3. The molecule has 0 saturated carbocycles. The Hall–Kier alpha value is -2.60. The van der Waals surface area contributed by atoms with Crippen LogP contribution in [0.25, 0.3) is 0 Å². The lowest BCUT2D eigenvalue weighted by molar-refractivity contribution is -0.0262. The highest BCUT2D eigenvalue weighted by Crippen LogP contribution is 2.25. The zero-order valence-electron chi connectivity index (χ0n) is 17.7. The summed E-state index contributed by atoms with van der Waals surface area (Å²) in [4.78, 5) is 0. The van der Waals surface area contributed by atoms with Gasteiger partial charge in [0.25, 0.3) is 0 Å². The van der Waals surface area contributed by atoms with Gasteiger partial charge in [-0.15, -0.1) is 0 Å². The van der Waals surface area contributed by atoms with E-state index in [2.05, 4.69) is 10.2 Å². The minimum absolute atomic E-state index is 0.0399. The number of ether oxygens (including phenoxy) is 2. The summed E-state index contributed by atoms with van der Waals surface area (Å²) in [5.41, 5.74) is -1.06. The molecular weight excluding hydrogens is 420 g/mol. The third-order valence-corrected chi connectivity index (χ3v) is 5.06. The van der Waals surface area contributed by atoms with E-state index in [1.165, 1.54) is 0 Å². The first kappa shape index (κ1) is 25.7. The zero-order chi connectivity index (χ0) is 23.5. The SMILES string of the molecule is OCC(CO)(CO)COc1ccc(N=Nc2ccc(OCC(CO)(CO)CO)cc2)cc1. The standard InChI is InChI=1S/C22H30N2O8/c25-9-21(10-26,11-27)15-31-19-5-1-17(2-6-19)23-24-18-3-7-20(8-4-18)32-16-22(12-28,13-29)14-30/h1-8,25-30H,9-16H2. The second kappa shape index (κ2) is 12.4. The van der Waals surface area contributed by atoms with Crippen molar-refractivity contribution in [2.24, 2.45) is 21.1 Å². The maximum absolute atomic E-state index is 9.33. The van der Waals surface area contributed by atoms with Crippen LogP contribution < -0.4 is 9.47 Å². The predicted octanol–water partition coefficient (Wildman–Crippen LogP) is 0.786. The van der Waals surface area contributed by atoms with Crippen LogP contribution in [0, 0.1) is 10.8 Å². The topological polar surface area (TPSA) is 165 Å². The van der Waals surface area contributed by atoms with Crippen molar-refractivity contribution in [1.82, 2.24) is 0 Å². The van der Waals surface area contributed by atoms with Gasteiger partial charge >= 0.3 is 0 Å². The number of benzene rings is 2. The summed E-state index contributed by atoms with van der Waals surface area (Å²) in [6.45, 7) is -2.49. The maximum atomic E-state index is 9.33. The van der Waals surface area contributed by atoms with E-state index in [1.54, 1.807) is 48.5 Å². The van der Waals surface area contributed by atoms with Gasteiger partial charge in [-0.05, 0) is 48.5 Å². The third-order valence-electron chi connectivity index (χ3n) is 5.06. The monoisotopic (exact) mass is 450 g/mol. The molecule has 2 aromatic rings. The largest absolute Gasteiger partial charge is 0.493 e. The molecule has 0 saturated heterocycles. The van der Waals surface area contributed by atoms with Crippen LogP contribution in [0.3, 0.4) is 0 Å². The molecule has 10 nitrogen and oxygen atoms in total. The fourth-order valence-corrected chi connectivity index (χ4v) is 2.38. The lowest BCUT2D eigenvalue weighted by Crippen LogP contribution is -2.39. The zero-order valence-corrected chi connectivity index (χ0v) is 17.7. The summed E-state index contributed by atoms with van der Waals surface area (Å²) in [5, 5.41) is 64.2. The number of aliphatic hydroxyl groups is 6. The maximum Gasteiger partial charge on any atom is 0.119 e. The molecule has 32 heavy (non-hydrogen) atoms. The summed E-state index contributed by atoms with van der Waals surface area (Å²) in [7, 11) is 0. The average molecular weight is 450 g/mol. The van der Waals surface area contributed by atoms with Crippen molar-refractivity contribution >= 4 is 11.4 Å². The molecule has 0 spiro atoms. The first-order chi connectivity index (χ1) is 15.5. The number of hydrogen-bond acceptors (Lipinski definition) is 10. The van der Waals surface area contributed by atoms with Gasteiger partial charge in [-0.3, -0.25) is 0 Å². The molecule has 0 amide bonds. The molecule has 0 aromatic heterocycles. The average Bonchev–Trinajstić information content (AvgIpc) is 2.86. The molecule has 2 aromatic carbocycles. The molecule has 0 heterocycles. The first-order valence-electron chi connectivity index (χ1n) is 10.0. The van der Waals surface area contributed by atoms with Gasteiger partial charge < -0.3 is 40.1 Å². The summed E-state index contributed by atoms with van der Waals surface area (Å²) in [6.07, 6.45) is 0. The Morgan fingerprint density at radius 2 is 0.781 bits per heavy atom. The minimum atomic E-state index is -1.11. The van der Waals surface area contributed by atoms with Crippen LogP contribution in [-0.4, -0.2) is 83.5 Å². The Kier molecular flexibility index (Phi) is 9.97. The molecule has 0 aliphatic rings. The van der Waals surface area contributed by atoms with Crippen LogP contribution in [0.5, 0.6) is 11.5 Å². The van der Waals surface area contributed by atoms with Crippen molar-refractivity contribution in [2.45, 2.75) is 0 Å². The minimum Gasteiger partial charge on any atom is -0.493 e. The lowest BCUT2D eigenvalue weighted by Gasteiger charge is -2.27. The smallest absolute Gasteiger partial charge is 0.119 e. The van der Waals surface area contributed by atoms with Gasteiger partial charge in [0.1, 0.15) is 24.7 Å². The van der Waals surface area contributed by atoms with Gasteiger partial charge in [0.15, 0.2) is 0 Å². The Morgan fingerprint density at radius 3 is 1.03 bits per heavy atom. The van der Waals surface area contributed by atoms with Crippen molar-refractivity contribution in [2.75, 3.05) is 52.9 Å². The van der Waals surface area contributed by atoms with Crippen LogP contribution in [0.2, 0.25) is 0 Å². The van der Waals surface area contributed by atoms with E-state index >= 15 is 0 Å². The summed E-state index contributed by atoms with van der Waals surface area (Å²) >= 11 is 0. The summed E-state index contributed by atoms with van der Waals surface area (Å²) in [6, 6.07) is 13.4. The van der Waals surface area contributed by atoms with Crippen molar-refractivity contribution in [3.63, 3.8) is 0 Å². The molecule has 0 unspecified atom stereocenters.